The van der Waals surface area contributed by atoms with Gasteiger partial charge in [0.2, 0.25) is 0 Å². The van der Waals surface area contributed by atoms with Crippen molar-refractivity contribution >= 4 is 5.91 Å². The van der Waals surface area contributed by atoms with Crippen LogP contribution in [0.4, 0.5) is 0 Å². The van der Waals surface area contributed by atoms with Gasteiger partial charge in [-0.25, -0.2) is 0 Å². The largest absolute Gasteiger partial charge is 0.368 e. The van der Waals surface area contributed by atoms with Crippen molar-refractivity contribution in [2.45, 2.75) is 46.1 Å². The van der Waals surface area contributed by atoms with Gasteiger partial charge in [-0.05, 0) is 37.3 Å². The minimum Gasteiger partial charge on any atom is -0.368 e. The van der Waals surface area contributed by atoms with E-state index in [0.29, 0.717) is 12.5 Å². The van der Waals surface area contributed by atoms with Gasteiger partial charge >= 0.3 is 0 Å². The molecule has 2 N–H and O–H groups in total. The fourth-order valence-corrected chi connectivity index (χ4v) is 2.03. The second-order valence-electron chi connectivity index (χ2n) is 6.27. The summed E-state index contributed by atoms with van der Waals surface area (Å²) in [5, 5.41) is 6.33. The van der Waals surface area contributed by atoms with Crippen molar-refractivity contribution in [1.29, 1.82) is 0 Å². The lowest BCUT2D eigenvalue weighted by Crippen LogP contribution is -2.55. The maximum Gasteiger partial charge on any atom is 0.252 e. The van der Waals surface area contributed by atoms with Crippen molar-refractivity contribution in [3.8, 4) is 0 Å². The molecule has 0 atom stereocenters. The zero-order valence-electron chi connectivity index (χ0n) is 12.4. The van der Waals surface area contributed by atoms with Gasteiger partial charge < -0.3 is 15.4 Å². The topological polar surface area (TPSA) is 50.4 Å². The third-order valence-electron chi connectivity index (χ3n) is 4.48. The molecule has 4 nitrogen and oxygen atoms in total. The molecule has 1 rings (SSSR count). The van der Waals surface area contributed by atoms with Crippen molar-refractivity contribution in [3.63, 3.8) is 0 Å². The Morgan fingerprint density at radius 3 is 2.39 bits per heavy atom. The zero-order chi connectivity index (χ0) is 13.8. The summed E-state index contributed by atoms with van der Waals surface area (Å²) in [5.74, 6) is 0.574. The molecule has 1 aliphatic rings. The second-order valence-corrected chi connectivity index (χ2v) is 6.27. The molecule has 4 heteroatoms. The molecular formula is C14H28N2O2. The van der Waals surface area contributed by atoms with Crippen molar-refractivity contribution in [2.75, 3.05) is 26.7 Å². The lowest BCUT2D eigenvalue weighted by atomic mass is 9.81. The van der Waals surface area contributed by atoms with E-state index in [9.17, 15) is 4.79 Å². The molecular weight excluding hydrogens is 228 g/mol. The lowest BCUT2D eigenvalue weighted by molar-refractivity contribution is -0.147. The molecule has 0 radical (unpaired) electrons. The van der Waals surface area contributed by atoms with E-state index in [0.717, 1.165) is 25.9 Å². The van der Waals surface area contributed by atoms with Gasteiger partial charge in [-0.15, -0.1) is 0 Å². The number of ether oxygens (including phenoxy) is 1. The van der Waals surface area contributed by atoms with Crippen molar-refractivity contribution in [1.82, 2.24) is 10.6 Å². The normalized spacial score (nSPS) is 19.9. The van der Waals surface area contributed by atoms with Gasteiger partial charge in [0.1, 0.15) is 5.60 Å². The minimum absolute atomic E-state index is 0.0419. The predicted octanol–water partition coefficient (Wildman–Crippen LogP) is 1.55. The smallest absolute Gasteiger partial charge is 0.252 e. The van der Waals surface area contributed by atoms with Crippen LogP contribution in [0.25, 0.3) is 0 Å². The van der Waals surface area contributed by atoms with Gasteiger partial charge in [-0.3, -0.25) is 4.79 Å². The number of carbonyl (C=O) groups excluding carboxylic acids is 1. The molecule has 1 amide bonds. The van der Waals surface area contributed by atoms with E-state index < -0.39 is 5.60 Å². The lowest BCUT2D eigenvalue weighted by Gasteiger charge is -2.37. The van der Waals surface area contributed by atoms with E-state index >= 15 is 0 Å². The van der Waals surface area contributed by atoms with Crippen LogP contribution >= 0.6 is 0 Å². The molecule has 0 unspecified atom stereocenters. The second kappa shape index (κ2) is 6.02. The van der Waals surface area contributed by atoms with Gasteiger partial charge in [0.25, 0.3) is 5.91 Å². The molecule has 1 heterocycles. The van der Waals surface area contributed by atoms with Crippen LogP contribution in [-0.2, 0) is 9.53 Å². The maximum atomic E-state index is 12.4. The van der Waals surface area contributed by atoms with Crippen molar-refractivity contribution < 1.29 is 9.53 Å². The van der Waals surface area contributed by atoms with Gasteiger partial charge in [0.15, 0.2) is 0 Å². The molecule has 0 aromatic heterocycles. The van der Waals surface area contributed by atoms with Gasteiger partial charge in [0.05, 0.1) is 0 Å². The molecule has 1 fully saturated rings. The highest BCUT2D eigenvalue weighted by atomic mass is 16.5. The summed E-state index contributed by atoms with van der Waals surface area (Å²) in [4.78, 5) is 12.4. The van der Waals surface area contributed by atoms with Crippen LogP contribution in [0, 0.1) is 11.3 Å². The van der Waals surface area contributed by atoms with Crippen LogP contribution in [0.3, 0.4) is 0 Å². The summed E-state index contributed by atoms with van der Waals surface area (Å²) >= 11 is 0. The SMILES string of the molecule is COC1(C(=O)NCC(C)(C)C(C)C)CCNCC1. The van der Waals surface area contributed by atoms with Crippen LogP contribution in [-0.4, -0.2) is 38.3 Å². The molecule has 106 valence electrons. The summed E-state index contributed by atoms with van der Waals surface area (Å²) in [6, 6.07) is 0. The molecule has 0 spiro atoms. The number of carbonyl (C=O) groups is 1. The third-order valence-corrected chi connectivity index (χ3v) is 4.48. The van der Waals surface area contributed by atoms with Crippen LogP contribution in [0.2, 0.25) is 0 Å². The zero-order valence-corrected chi connectivity index (χ0v) is 12.4. The first-order chi connectivity index (χ1) is 8.34. The summed E-state index contributed by atoms with van der Waals surface area (Å²) in [7, 11) is 1.64. The van der Waals surface area contributed by atoms with Gasteiger partial charge in [-0.2, -0.15) is 0 Å². The molecule has 0 aromatic rings. The predicted molar refractivity (Wildman–Crippen MR) is 73.5 cm³/mol. The Morgan fingerprint density at radius 2 is 1.94 bits per heavy atom. The first-order valence-electron chi connectivity index (χ1n) is 6.88. The van der Waals surface area contributed by atoms with E-state index in [-0.39, 0.29) is 11.3 Å². The van der Waals surface area contributed by atoms with Gasteiger partial charge in [0, 0.05) is 13.7 Å². The summed E-state index contributed by atoms with van der Waals surface area (Å²) < 4.78 is 5.51. The average Bonchev–Trinajstić information content (AvgIpc) is 2.36. The molecule has 0 saturated carbocycles. The summed E-state index contributed by atoms with van der Waals surface area (Å²) in [6.07, 6.45) is 1.49. The third kappa shape index (κ3) is 3.45. The summed E-state index contributed by atoms with van der Waals surface area (Å²) in [6.45, 7) is 11.1. The van der Waals surface area contributed by atoms with Crippen LogP contribution < -0.4 is 10.6 Å². The number of amides is 1. The Balaban J connectivity index is 2.58. The Bertz CT molecular complexity index is 282. The van der Waals surface area contributed by atoms with E-state index in [1.807, 2.05) is 0 Å². The first kappa shape index (κ1) is 15.4. The monoisotopic (exact) mass is 256 g/mol. The Kier molecular flexibility index (Phi) is 5.17. The standard InChI is InChI=1S/C14H28N2O2/c1-11(2)13(3,4)10-16-12(17)14(18-5)6-8-15-9-7-14/h11,15H,6-10H2,1-5H3,(H,16,17). The fraction of sp³-hybridized carbons (Fsp3) is 0.929. The highest BCUT2D eigenvalue weighted by Crippen LogP contribution is 2.26. The van der Waals surface area contributed by atoms with E-state index in [1.54, 1.807) is 7.11 Å². The number of methoxy groups -OCH3 is 1. The molecule has 18 heavy (non-hydrogen) atoms. The Morgan fingerprint density at radius 1 is 1.39 bits per heavy atom. The van der Waals surface area contributed by atoms with Gasteiger partial charge in [-0.1, -0.05) is 27.7 Å². The maximum absolute atomic E-state index is 12.4. The first-order valence-corrected chi connectivity index (χ1v) is 6.88. The average molecular weight is 256 g/mol. The highest BCUT2D eigenvalue weighted by molar-refractivity contribution is 5.85. The van der Waals surface area contributed by atoms with Crippen LogP contribution in [0.1, 0.15) is 40.5 Å². The Labute approximate surface area is 111 Å². The molecule has 1 saturated heterocycles. The molecule has 0 aliphatic carbocycles. The van der Waals surface area contributed by atoms with E-state index in [1.165, 1.54) is 0 Å². The number of hydrogen-bond acceptors (Lipinski definition) is 3. The number of nitrogens with one attached hydrogen (secondary N) is 2. The van der Waals surface area contributed by atoms with Crippen molar-refractivity contribution in [3.05, 3.63) is 0 Å². The van der Waals surface area contributed by atoms with Crippen molar-refractivity contribution in [2.24, 2.45) is 11.3 Å². The van der Waals surface area contributed by atoms with Crippen LogP contribution in [0.15, 0.2) is 0 Å². The molecule has 1 aliphatic heterocycles. The molecule has 0 bridgehead atoms. The van der Waals surface area contributed by atoms with E-state index in [2.05, 4.69) is 38.3 Å². The number of hydrogen-bond donors (Lipinski definition) is 2. The molecule has 0 aromatic carbocycles. The highest BCUT2D eigenvalue weighted by Gasteiger charge is 2.40. The summed E-state index contributed by atoms with van der Waals surface area (Å²) in [5.41, 5.74) is -0.518. The Hall–Kier alpha value is -0.610. The minimum atomic E-state index is -0.627. The van der Waals surface area contributed by atoms with Crippen LogP contribution in [0.5, 0.6) is 0 Å². The number of rotatable bonds is 5. The number of piperidine rings is 1. The van der Waals surface area contributed by atoms with E-state index in [4.69, 9.17) is 4.74 Å². The fourth-order valence-electron chi connectivity index (χ4n) is 2.03. The quantitative estimate of drug-likeness (QED) is 0.785.